The topological polar surface area (TPSA) is 52.6 Å². The van der Waals surface area contributed by atoms with E-state index < -0.39 is 0 Å². The molecule has 0 radical (unpaired) electrons. The molecule has 0 amide bonds. The number of hydrogen-bond donors (Lipinski definition) is 0. The first kappa shape index (κ1) is 18.5. The molecule has 1 atom stereocenters. The molecule has 4 saturated carbocycles. The van der Waals surface area contributed by atoms with Crippen LogP contribution >= 0.6 is 0 Å². The predicted octanol–water partition coefficient (Wildman–Crippen LogP) is 4.59. The Morgan fingerprint density at radius 2 is 1.59 bits per heavy atom. The Morgan fingerprint density at radius 3 is 2.07 bits per heavy atom. The van der Waals surface area contributed by atoms with Gasteiger partial charge >= 0.3 is 5.97 Å². The van der Waals surface area contributed by atoms with Crippen molar-refractivity contribution in [3.8, 4) is 5.75 Å². The van der Waals surface area contributed by atoms with Gasteiger partial charge in [0.05, 0.1) is 25.0 Å². The summed E-state index contributed by atoms with van der Waals surface area (Å²) in [5.74, 6) is 1.20. The SMILES string of the molecule is COC(=O)C12CCC(C[C@@]3(c4ccc(OC)cc4)CCCC3=O)(CC1)CC2. The van der Waals surface area contributed by atoms with Gasteiger partial charge < -0.3 is 9.47 Å². The van der Waals surface area contributed by atoms with E-state index in [9.17, 15) is 9.59 Å². The van der Waals surface area contributed by atoms with Crippen molar-refractivity contribution in [2.75, 3.05) is 14.2 Å². The molecule has 4 aliphatic carbocycles. The van der Waals surface area contributed by atoms with Gasteiger partial charge in [0.2, 0.25) is 0 Å². The highest BCUT2D eigenvalue weighted by molar-refractivity contribution is 5.92. The Morgan fingerprint density at radius 1 is 0.963 bits per heavy atom. The fourth-order valence-corrected chi connectivity index (χ4v) is 6.13. The summed E-state index contributed by atoms with van der Waals surface area (Å²) in [5.41, 5.74) is 0.726. The van der Waals surface area contributed by atoms with Crippen LogP contribution in [0.2, 0.25) is 0 Å². The van der Waals surface area contributed by atoms with E-state index in [1.165, 1.54) is 7.11 Å². The van der Waals surface area contributed by atoms with Crippen molar-refractivity contribution >= 4 is 11.8 Å². The van der Waals surface area contributed by atoms with Gasteiger partial charge in [0, 0.05) is 6.42 Å². The second-order valence-electron chi connectivity index (χ2n) is 9.04. The van der Waals surface area contributed by atoms with Crippen LogP contribution < -0.4 is 4.74 Å². The number of ketones is 1. The number of carbonyl (C=O) groups is 2. The molecule has 27 heavy (non-hydrogen) atoms. The number of Topliss-reactive ketones (excluding diaryl/α,β-unsaturated/α-hetero) is 1. The van der Waals surface area contributed by atoms with Crippen molar-refractivity contribution in [1.82, 2.24) is 0 Å². The van der Waals surface area contributed by atoms with Crippen LogP contribution in [-0.4, -0.2) is 26.0 Å². The summed E-state index contributed by atoms with van der Waals surface area (Å²) in [7, 11) is 3.17. The lowest BCUT2D eigenvalue weighted by Gasteiger charge is -2.54. The molecule has 0 aliphatic heterocycles. The molecule has 0 heterocycles. The van der Waals surface area contributed by atoms with Crippen molar-refractivity contribution in [3.63, 3.8) is 0 Å². The maximum atomic E-state index is 13.1. The Labute approximate surface area is 161 Å². The molecule has 0 spiro atoms. The average molecular weight is 370 g/mol. The van der Waals surface area contributed by atoms with Gasteiger partial charge in [-0.1, -0.05) is 12.1 Å². The summed E-state index contributed by atoms with van der Waals surface area (Å²) < 4.78 is 10.4. The van der Waals surface area contributed by atoms with Gasteiger partial charge in [-0.3, -0.25) is 9.59 Å². The Hall–Kier alpha value is -1.84. The third-order valence-corrected chi connectivity index (χ3v) is 7.88. The van der Waals surface area contributed by atoms with Crippen LogP contribution in [0.1, 0.15) is 69.8 Å². The lowest BCUT2D eigenvalue weighted by molar-refractivity contribution is -0.164. The molecule has 2 bridgehead atoms. The summed E-state index contributed by atoms with van der Waals surface area (Å²) in [6.45, 7) is 0. The molecule has 0 aromatic heterocycles. The van der Waals surface area contributed by atoms with E-state index in [1.807, 2.05) is 12.1 Å². The van der Waals surface area contributed by atoms with E-state index in [-0.39, 0.29) is 22.2 Å². The number of fused-ring (bicyclic) bond motifs is 3. The molecule has 0 saturated heterocycles. The minimum atomic E-state index is -0.352. The van der Waals surface area contributed by atoms with Gasteiger partial charge in [-0.05, 0) is 80.9 Å². The van der Waals surface area contributed by atoms with E-state index in [1.54, 1.807) is 7.11 Å². The second-order valence-corrected chi connectivity index (χ2v) is 9.04. The normalized spacial score (nSPS) is 35.3. The van der Waals surface area contributed by atoms with E-state index in [0.29, 0.717) is 12.2 Å². The molecule has 0 unspecified atom stereocenters. The van der Waals surface area contributed by atoms with Gasteiger partial charge in [-0.25, -0.2) is 0 Å². The van der Waals surface area contributed by atoms with Crippen LogP contribution in [0.5, 0.6) is 5.75 Å². The zero-order chi connectivity index (χ0) is 19.1. The fraction of sp³-hybridized carbons (Fsp3) is 0.652. The Balaban J connectivity index is 1.61. The number of benzene rings is 1. The molecule has 4 nitrogen and oxygen atoms in total. The maximum absolute atomic E-state index is 13.1. The van der Waals surface area contributed by atoms with Crippen molar-refractivity contribution in [2.45, 2.75) is 69.6 Å². The quantitative estimate of drug-likeness (QED) is 0.712. The third kappa shape index (κ3) is 2.88. The van der Waals surface area contributed by atoms with Crippen LogP contribution in [-0.2, 0) is 19.7 Å². The smallest absolute Gasteiger partial charge is 0.311 e. The molecule has 1 aromatic carbocycles. The zero-order valence-electron chi connectivity index (χ0n) is 16.5. The fourth-order valence-electron chi connectivity index (χ4n) is 6.13. The molecular formula is C23H30O4. The standard InChI is InChI=1S/C23H30O4/c1-26-18-7-5-17(6-8-18)23(9-3-4-19(23)24)16-21-10-13-22(14-11-21,15-12-21)20(25)27-2/h5-8H,3-4,9-16H2,1-2H3/t21?,22?,23-/m1/s1. The number of ether oxygens (including phenoxy) is 2. The van der Waals surface area contributed by atoms with Gasteiger partial charge in [0.1, 0.15) is 11.5 Å². The van der Waals surface area contributed by atoms with E-state index in [4.69, 9.17) is 9.47 Å². The number of rotatable bonds is 5. The van der Waals surface area contributed by atoms with E-state index in [2.05, 4.69) is 12.1 Å². The van der Waals surface area contributed by atoms with E-state index in [0.717, 1.165) is 69.1 Å². The van der Waals surface area contributed by atoms with Crippen molar-refractivity contribution in [1.29, 1.82) is 0 Å². The van der Waals surface area contributed by atoms with Crippen molar-refractivity contribution in [3.05, 3.63) is 29.8 Å². The molecule has 4 heteroatoms. The third-order valence-electron chi connectivity index (χ3n) is 7.88. The monoisotopic (exact) mass is 370 g/mol. The second kappa shape index (κ2) is 6.65. The average Bonchev–Trinajstić information content (AvgIpc) is 3.09. The van der Waals surface area contributed by atoms with Crippen molar-refractivity contribution < 1.29 is 19.1 Å². The van der Waals surface area contributed by atoms with Gasteiger partial charge in [-0.2, -0.15) is 0 Å². The van der Waals surface area contributed by atoms with Crippen LogP contribution in [0, 0.1) is 10.8 Å². The number of carbonyl (C=O) groups excluding carboxylic acids is 2. The lowest BCUT2D eigenvalue weighted by atomic mass is 9.49. The molecule has 1 aromatic rings. The predicted molar refractivity (Wildman–Crippen MR) is 103 cm³/mol. The zero-order valence-corrected chi connectivity index (χ0v) is 16.5. The Kier molecular flexibility index (Phi) is 4.56. The minimum absolute atomic E-state index is 0.0300. The van der Waals surface area contributed by atoms with Crippen LogP contribution in [0.3, 0.4) is 0 Å². The largest absolute Gasteiger partial charge is 0.497 e. The summed E-state index contributed by atoms with van der Waals surface area (Å²) in [5, 5.41) is 0. The molecule has 4 aliphatic rings. The van der Waals surface area contributed by atoms with Crippen LogP contribution in [0.4, 0.5) is 0 Å². The summed E-state index contributed by atoms with van der Waals surface area (Å²) in [6.07, 6.45) is 9.38. The first-order valence-corrected chi connectivity index (χ1v) is 10.2. The highest BCUT2D eigenvalue weighted by atomic mass is 16.5. The van der Waals surface area contributed by atoms with E-state index >= 15 is 0 Å². The van der Waals surface area contributed by atoms with Crippen molar-refractivity contribution in [2.24, 2.45) is 10.8 Å². The molecule has 4 fully saturated rings. The number of esters is 1. The molecular weight excluding hydrogens is 340 g/mol. The summed E-state index contributed by atoms with van der Waals surface area (Å²) in [6, 6.07) is 8.13. The lowest BCUT2D eigenvalue weighted by Crippen LogP contribution is -2.49. The van der Waals surface area contributed by atoms with Gasteiger partial charge in [0.25, 0.3) is 0 Å². The number of methoxy groups -OCH3 is 2. The highest BCUT2D eigenvalue weighted by Gasteiger charge is 2.57. The minimum Gasteiger partial charge on any atom is -0.497 e. The Bertz CT molecular complexity index is 711. The summed E-state index contributed by atoms with van der Waals surface area (Å²) in [4.78, 5) is 25.4. The van der Waals surface area contributed by atoms with Gasteiger partial charge in [-0.15, -0.1) is 0 Å². The first-order valence-electron chi connectivity index (χ1n) is 10.2. The molecule has 0 N–H and O–H groups in total. The van der Waals surface area contributed by atoms with Crippen LogP contribution in [0.15, 0.2) is 24.3 Å². The summed E-state index contributed by atoms with van der Waals surface area (Å²) >= 11 is 0. The molecule has 146 valence electrons. The van der Waals surface area contributed by atoms with Gasteiger partial charge in [0.15, 0.2) is 0 Å². The number of hydrogen-bond acceptors (Lipinski definition) is 4. The first-order chi connectivity index (χ1) is 13.0. The highest BCUT2D eigenvalue weighted by Crippen LogP contribution is 2.62. The van der Waals surface area contributed by atoms with Crippen LogP contribution in [0.25, 0.3) is 0 Å². The molecule has 5 rings (SSSR count). The maximum Gasteiger partial charge on any atom is 0.311 e.